The van der Waals surface area contributed by atoms with Crippen LogP contribution < -0.4 is 21.7 Å². The van der Waals surface area contributed by atoms with E-state index in [2.05, 4.69) is 73.6 Å². The Hall–Kier alpha value is 0.266. The molecule has 116 valence electrons. The van der Waals surface area contributed by atoms with Crippen molar-refractivity contribution >= 4 is 23.1 Å². The SMILES string of the molecule is CC(C)COc1c(C(C)(C)C)c[c-]cc1C(C)(C)C.[Br-].[Mg+2]. The van der Waals surface area contributed by atoms with E-state index < -0.39 is 0 Å². The third-order valence-electron chi connectivity index (χ3n) is 3.12. The predicted octanol–water partition coefficient (Wildman–Crippen LogP) is 1.74. The molecule has 0 heterocycles. The smallest absolute Gasteiger partial charge is 1.00 e. The zero-order valence-corrected chi connectivity index (χ0v) is 17.9. The Kier molecular flexibility index (Phi) is 9.84. The van der Waals surface area contributed by atoms with Gasteiger partial charge in [0.2, 0.25) is 0 Å². The number of ether oxygens (including phenoxy) is 1. The van der Waals surface area contributed by atoms with Gasteiger partial charge in [0.1, 0.15) is 0 Å². The second-order valence-corrected chi connectivity index (χ2v) is 7.82. The molecule has 0 unspecified atom stereocenters. The van der Waals surface area contributed by atoms with E-state index in [0.29, 0.717) is 5.92 Å². The van der Waals surface area contributed by atoms with E-state index in [-0.39, 0.29) is 50.9 Å². The Labute approximate surface area is 158 Å². The molecule has 1 rings (SSSR count). The third-order valence-corrected chi connectivity index (χ3v) is 3.12. The maximum atomic E-state index is 6.16. The largest absolute Gasteiger partial charge is 2.00 e. The van der Waals surface area contributed by atoms with Crippen LogP contribution in [0.4, 0.5) is 0 Å². The van der Waals surface area contributed by atoms with Crippen molar-refractivity contribution in [1.82, 2.24) is 0 Å². The van der Waals surface area contributed by atoms with E-state index in [1.54, 1.807) is 0 Å². The van der Waals surface area contributed by atoms with Crippen LogP contribution in [0.15, 0.2) is 12.1 Å². The van der Waals surface area contributed by atoms with Gasteiger partial charge in [-0.2, -0.15) is 18.2 Å². The van der Waals surface area contributed by atoms with Crippen molar-refractivity contribution in [3.63, 3.8) is 0 Å². The van der Waals surface area contributed by atoms with Gasteiger partial charge in [-0.1, -0.05) is 66.2 Å². The van der Waals surface area contributed by atoms with Crippen LogP contribution in [0.2, 0.25) is 0 Å². The molecule has 1 nitrogen and oxygen atoms in total. The molecule has 0 bridgehead atoms. The maximum Gasteiger partial charge on any atom is 2.00 e. The summed E-state index contributed by atoms with van der Waals surface area (Å²) in [5.41, 5.74) is 2.65. The van der Waals surface area contributed by atoms with E-state index in [0.717, 1.165) is 12.4 Å². The molecule has 0 atom stereocenters. The molecule has 0 saturated carbocycles. The topological polar surface area (TPSA) is 9.23 Å². The minimum absolute atomic E-state index is 0. The van der Waals surface area contributed by atoms with Gasteiger partial charge >= 0.3 is 23.1 Å². The van der Waals surface area contributed by atoms with E-state index in [9.17, 15) is 0 Å². The first kappa shape index (κ1) is 23.5. The summed E-state index contributed by atoms with van der Waals surface area (Å²) < 4.78 is 6.16. The van der Waals surface area contributed by atoms with Crippen molar-refractivity contribution in [3.8, 4) is 5.75 Å². The molecule has 3 heteroatoms. The minimum Gasteiger partial charge on any atom is -1.00 e. The second kappa shape index (κ2) is 8.78. The molecule has 0 N–H and O–H groups in total. The van der Waals surface area contributed by atoms with E-state index in [1.807, 2.05) is 0 Å². The monoisotopic (exact) mass is 364 g/mol. The Bertz CT molecular complexity index is 396. The zero-order chi connectivity index (χ0) is 14.8. The summed E-state index contributed by atoms with van der Waals surface area (Å²) >= 11 is 0. The molecule has 0 saturated heterocycles. The molecule has 1 aromatic rings. The Morgan fingerprint density at radius 2 is 1.33 bits per heavy atom. The Balaban J connectivity index is 0. The molecule has 0 radical (unpaired) electrons. The van der Waals surface area contributed by atoms with E-state index in [1.165, 1.54) is 11.1 Å². The molecule has 0 aromatic heterocycles. The molecule has 0 aliphatic rings. The molecular formula is C18H29BrMgO. The van der Waals surface area contributed by atoms with Gasteiger partial charge in [0.25, 0.3) is 0 Å². The number of hydrogen-bond acceptors (Lipinski definition) is 1. The summed E-state index contributed by atoms with van der Waals surface area (Å²) in [6.45, 7) is 18.5. The fourth-order valence-corrected chi connectivity index (χ4v) is 2.00. The van der Waals surface area contributed by atoms with E-state index in [4.69, 9.17) is 4.74 Å². The Morgan fingerprint density at radius 3 is 1.62 bits per heavy atom. The number of halogens is 1. The summed E-state index contributed by atoms with van der Waals surface area (Å²) in [5, 5.41) is 0. The summed E-state index contributed by atoms with van der Waals surface area (Å²) in [4.78, 5) is 0. The minimum atomic E-state index is 0. The van der Waals surface area contributed by atoms with Crippen molar-refractivity contribution in [3.05, 3.63) is 29.3 Å². The first-order valence-electron chi connectivity index (χ1n) is 7.21. The van der Waals surface area contributed by atoms with Crippen LogP contribution in [0.3, 0.4) is 0 Å². The normalized spacial score (nSPS) is 11.7. The van der Waals surface area contributed by atoms with Crippen LogP contribution in [-0.4, -0.2) is 29.7 Å². The van der Waals surface area contributed by atoms with Gasteiger partial charge in [-0.05, 0) is 5.92 Å². The maximum absolute atomic E-state index is 6.16. The van der Waals surface area contributed by atoms with Gasteiger partial charge in [-0.25, -0.2) is 0 Å². The number of rotatable bonds is 3. The Morgan fingerprint density at radius 1 is 0.952 bits per heavy atom. The molecule has 0 aliphatic heterocycles. The van der Waals surface area contributed by atoms with Crippen molar-refractivity contribution in [2.24, 2.45) is 5.92 Å². The molecule has 0 amide bonds. The van der Waals surface area contributed by atoms with Crippen molar-refractivity contribution in [2.45, 2.75) is 66.2 Å². The zero-order valence-electron chi connectivity index (χ0n) is 14.9. The average Bonchev–Trinajstić information content (AvgIpc) is 2.23. The van der Waals surface area contributed by atoms with Crippen molar-refractivity contribution < 1.29 is 21.7 Å². The van der Waals surface area contributed by atoms with Crippen LogP contribution in [0.5, 0.6) is 5.75 Å². The van der Waals surface area contributed by atoms with Gasteiger partial charge in [0.15, 0.2) is 0 Å². The van der Waals surface area contributed by atoms with Crippen molar-refractivity contribution in [2.75, 3.05) is 6.61 Å². The number of hydrogen-bond donors (Lipinski definition) is 0. The summed E-state index contributed by atoms with van der Waals surface area (Å²) in [7, 11) is 0. The van der Waals surface area contributed by atoms with Crippen LogP contribution in [0, 0.1) is 12.0 Å². The molecular weight excluding hydrogens is 336 g/mol. The van der Waals surface area contributed by atoms with Gasteiger partial charge in [0.05, 0.1) is 6.61 Å². The first-order chi connectivity index (χ1) is 8.53. The molecule has 0 spiro atoms. The van der Waals surface area contributed by atoms with Crippen LogP contribution in [0.25, 0.3) is 0 Å². The average molecular weight is 366 g/mol. The summed E-state index contributed by atoms with van der Waals surface area (Å²) in [6, 6.07) is 7.44. The van der Waals surface area contributed by atoms with Crippen molar-refractivity contribution in [1.29, 1.82) is 0 Å². The first-order valence-corrected chi connectivity index (χ1v) is 7.21. The van der Waals surface area contributed by atoms with Gasteiger partial charge in [0, 0.05) is 5.75 Å². The van der Waals surface area contributed by atoms with Gasteiger partial charge < -0.3 is 21.7 Å². The van der Waals surface area contributed by atoms with Crippen LogP contribution in [-0.2, 0) is 10.8 Å². The molecule has 0 aliphatic carbocycles. The number of benzene rings is 1. The summed E-state index contributed by atoms with van der Waals surface area (Å²) in [6.07, 6.45) is 0. The van der Waals surface area contributed by atoms with Crippen LogP contribution >= 0.6 is 0 Å². The van der Waals surface area contributed by atoms with Crippen LogP contribution in [0.1, 0.15) is 66.5 Å². The summed E-state index contributed by atoms with van der Waals surface area (Å²) in [5.74, 6) is 1.59. The molecule has 0 fully saturated rings. The molecule has 21 heavy (non-hydrogen) atoms. The fourth-order valence-electron chi connectivity index (χ4n) is 2.00. The van der Waals surface area contributed by atoms with Gasteiger partial charge in [-0.15, -0.1) is 11.1 Å². The standard InChI is InChI=1S/C18H29O.BrH.Mg/c1-13(2)12-19-16-14(17(3,4)5)10-9-11-15(16)18(6,7)8;;/h10-11,13H,12H2,1-8H3;1H;/q-1;;+2/p-1. The van der Waals surface area contributed by atoms with Gasteiger partial charge in [-0.3, -0.25) is 0 Å². The molecule has 1 aromatic carbocycles. The predicted molar refractivity (Wildman–Crippen MR) is 88.8 cm³/mol. The second-order valence-electron chi connectivity index (χ2n) is 7.82. The quantitative estimate of drug-likeness (QED) is 0.586. The third kappa shape index (κ3) is 6.92. The fraction of sp³-hybridized carbons (Fsp3) is 0.667. The van der Waals surface area contributed by atoms with E-state index >= 15 is 0 Å².